The molecule has 1 aliphatic rings. The van der Waals surface area contributed by atoms with Crippen LogP contribution in [0, 0.1) is 12.7 Å². The third-order valence-electron chi connectivity index (χ3n) is 2.93. The van der Waals surface area contributed by atoms with E-state index in [2.05, 4.69) is 21.2 Å². The second kappa shape index (κ2) is 5.99. The first-order chi connectivity index (χ1) is 7.18. The zero-order valence-corrected chi connectivity index (χ0v) is 11.6. The van der Waals surface area contributed by atoms with Gasteiger partial charge in [0.15, 0.2) is 0 Å². The van der Waals surface area contributed by atoms with Crippen molar-refractivity contribution in [3.8, 4) is 0 Å². The molecule has 0 unspecified atom stereocenters. The summed E-state index contributed by atoms with van der Waals surface area (Å²) in [5, 5.41) is 3.37. The van der Waals surface area contributed by atoms with Crippen LogP contribution >= 0.6 is 28.3 Å². The molecule has 4 heteroatoms. The molecule has 1 aliphatic heterocycles. The number of halogens is 3. The first-order valence-electron chi connectivity index (χ1n) is 5.37. The molecule has 1 saturated heterocycles. The monoisotopic (exact) mass is 307 g/mol. The molecule has 1 N–H and O–H groups in total. The fraction of sp³-hybridized carbons (Fsp3) is 0.500. The second-order valence-corrected chi connectivity index (χ2v) is 5.04. The molecule has 0 aliphatic carbocycles. The van der Waals surface area contributed by atoms with E-state index in [-0.39, 0.29) is 24.3 Å². The Labute approximate surface area is 110 Å². The number of hydrogen-bond acceptors (Lipinski definition) is 1. The Hall–Kier alpha value is -0.120. The summed E-state index contributed by atoms with van der Waals surface area (Å²) in [4.78, 5) is 0. The Bertz CT molecular complexity index is 364. The van der Waals surface area contributed by atoms with Gasteiger partial charge in [-0.1, -0.05) is 22.4 Å². The van der Waals surface area contributed by atoms with Gasteiger partial charge in [-0.3, -0.25) is 0 Å². The van der Waals surface area contributed by atoms with E-state index in [1.165, 1.54) is 12.8 Å². The van der Waals surface area contributed by atoms with Gasteiger partial charge < -0.3 is 5.32 Å². The zero-order chi connectivity index (χ0) is 10.8. The molecular formula is C12H16BrClFN. The summed E-state index contributed by atoms with van der Waals surface area (Å²) < 4.78 is 14.9. The maximum absolute atomic E-state index is 13.9. The lowest BCUT2D eigenvalue weighted by Gasteiger charge is -2.24. The van der Waals surface area contributed by atoms with Crippen molar-refractivity contribution in [2.75, 3.05) is 6.54 Å². The van der Waals surface area contributed by atoms with E-state index in [1.807, 2.05) is 19.1 Å². The van der Waals surface area contributed by atoms with Gasteiger partial charge in [-0.2, -0.15) is 0 Å². The highest BCUT2D eigenvalue weighted by Crippen LogP contribution is 2.29. The quantitative estimate of drug-likeness (QED) is 0.822. The third-order valence-corrected chi connectivity index (χ3v) is 3.39. The van der Waals surface area contributed by atoms with Crippen LogP contribution in [0.3, 0.4) is 0 Å². The normalized spacial score (nSPS) is 20.3. The number of rotatable bonds is 1. The smallest absolute Gasteiger partial charge is 0.130 e. The van der Waals surface area contributed by atoms with E-state index >= 15 is 0 Å². The minimum atomic E-state index is -0.0578. The Kier molecular flexibility index (Phi) is 5.22. The highest BCUT2D eigenvalue weighted by atomic mass is 79.9. The lowest BCUT2D eigenvalue weighted by Crippen LogP contribution is -2.27. The molecule has 1 heterocycles. The Morgan fingerprint density at radius 1 is 1.38 bits per heavy atom. The Balaban J connectivity index is 0.00000128. The summed E-state index contributed by atoms with van der Waals surface area (Å²) in [7, 11) is 0. The molecule has 1 atom stereocenters. The number of benzene rings is 1. The summed E-state index contributed by atoms with van der Waals surface area (Å²) in [6, 6.07) is 3.91. The minimum absolute atomic E-state index is 0. The van der Waals surface area contributed by atoms with Gasteiger partial charge in [0, 0.05) is 16.1 Å². The fourth-order valence-electron chi connectivity index (χ4n) is 2.12. The lowest BCUT2D eigenvalue weighted by atomic mass is 9.96. The predicted octanol–water partition coefficient (Wildman–Crippen LogP) is 4.13. The number of nitrogens with one attached hydrogen (secondary N) is 1. The van der Waals surface area contributed by atoms with Crippen molar-refractivity contribution in [1.29, 1.82) is 0 Å². The standard InChI is InChI=1S/C12H15BrFN.ClH/c1-8-6-9(13)7-10(12(8)14)11-4-2-3-5-15-11;/h6-7,11,15H,2-5H2,1H3;1H/t11-;/m1./s1. The van der Waals surface area contributed by atoms with Crippen molar-refractivity contribution in [2.45, 2.75) is 32.2 Å². The van der Waals surface area contributed by atoms with Crippen LogP contribution in [0.5, 0.6) is 0 Å². The average molecular weight is 309 g/mol. The maximum atomic E-state index is 13.9. The molecule has 90 valence electrons. The van der Waals surface area contributed by atoms with Crippen molar-refractivity contribution in [1.82, 2.24) is 5.32 Å². The van der Waals surface area contributed by atoms with Crippen LogP contribution in [0.2, 0.25) is 0 Å². The topological polar surface area (TPSA) is 12.0 Å². The van der Waals surface area contributed by atoms with Gasteiger partial charge in [0.05, 0.1) is 0 Å². The molecule has 16 heavy (non-hydrogen) atoms. The van der Waals surface area contributed by atoms with Crippen LogP contribution < -0.4 is 5.32 Å². The first kappa shape index (κ1) is 13.9. The van der Waals surface area contributed by atoms with Crippen molar-refractivity contribution in [3.63, 3.8) is 0 Å². The van der Waals surface area contributed by atoms with E-state index < -0.39 is 0 Å². The van der Waals surface area contributed by atoms with Crippen molar-refractivity contribution in [3.05, 3.63) is 33.5 Å². The van der Waals surface area contributed by atoms with Gasteiger partial charge in [0.2, 0.25) is 0 Å². The molecule has 0 aromatic heterocycles. The molecule has 1 aromatic rings. The minimum Gasteiger partial charge on any atom is -0.310 e. The summed E-state index contributed by atoms with van der Waals surface area (Å²) in [5.74, 6) is -0.0578. The molecule has 0 saturated carbocycles. The van der Waals surface area contributed by atoms with Crippen LogP contribution in [0.1, 0.15) is 36.4 Å². The molecule has 2 rings (SSSR count). The molecule has 0 radical (unpaired) electrons. The number of aryl methyl sites for hydroxylation is 1. The predicted molar refractivity (Wildman–Crippen MR) is 70.7 cm³/mol. The van der Waals surface area contributed by atoms with E-state index in [1.54, 1.807) is 0 Å². The Morgan fingerprint density at radius 2 is 2.12 bits per heavy atom. The third kappa shape index (κ3) is 2.96. The van der Waals surface area contributed by atoms with Crippen molar-refractivity contribution < 1.29 is 4.39 Å². The van der Waals surface area contributed by atoms with Gasteiger partial charge in [0.25, 0.3) is 0 Å². The molecule has 0 spiro atoms. The van der Waals surface area contributed by atoms with Crippen molar-refractivity contribution in [2.24, 2.45) is 0 Å². The second-order valence-electron chi connectivity index (χ2n) is 4.13. The van der Waals surface area contributed by atoms with Crippen LogP contribution in [0.4, 0.5) is 4.39 Å². The van der Waals surface area contributed by atoms with Crippen LogP contribution in [-0.4, -0.2) is 6.54 Å². The van der Waals surface area contributed by atoms with Gasteiger partial charge in [-0.25, -0.2) is 4.39 Å². The highest BCUT2D eigenvalue weighted by molar-refractivity contribution is 9.10. The Morgan fingerprint density at radius 3 is 2.75 bits per heavy atom. The van der Waals surface area contributed by atoms with Crippen LogP contribution in [0.15, 0.2) is 16.6 Å². The summed E-state index contributed by atoms with van der Waals surface area (Å²) in [5.41, 5.74) is 1.52. The number of piperidine rings is 1. The summed E-state index contributed by atoms with van der Waals surface area (Å²) >= 11 is 3.42. The van der Waals surface area contributed by atoms with E-state index in [0.717, 1.165) is 23.0 Å². The fourth-order valence-corrected chi connectivity index (χ4v) is 2.71. The zero-order valence-electron chi connectivity index (χ0n) is 9.22. The summed E-state index contributed by atoms with van der Waals surface area (Å²) in [6.07, 6.45) is 3.42. The van der Waals surface area contributed by atoms with E-state index in [0.29, 0.717) is 5.56 Å². The van der Waals surface area contributed by atoms with Gasteiger partial charge in [-0.15, -0.1) is 12.4 Å². The highest BCUT2D eigenvalue weighted by Gasteiger charge is 2.19. The molecule has 1 nitrogen and oxygen atoms in total. The van der Waals surface area contributed by atoms with Gasteiger partial charge >= 0.3 is 0 Å². The molecule has 0 amide bonds. The van der Waals surface area contributed by atoms with Gasteiger partial charge in [0.1, 0.15) is 5.82 Å². The van der Waals surface area contributed by atoms with Crippen molar-refractivity contribution >= 4 is 28.3 Å². The molecule has 0 bridgehead atoms. The van der Waals surface area contributed by atoms with Crippen LogP contribution in [-0.2, 0) is 0 Å². The summed E-state index contributed by atoms with van der Waals surface area (Å²) in [6.45, 7) is 2.81. The van der Waals surface area contributed by atoms with Crippen LogP contribution in [0.25, 0.3) is 0 Å². The van der Waals surface area contributed by atoms with Gasteiger partial charge in [-0.05, 0) is 44.0 Å². The molecular weight excluding hydrogens is 292 g/mol. The largest absolute Gasteiger partial charge is 0.310 e. The average Bonchev–Trinajstić information content (AvgIpc) is 2.24. The molecule has 1 aromatic carbocycles. The first-order valence-corrected chi connectivity index (χ1v) is 6.16. The maximum Gasteiger partial charge on any atom is 0.130 e. The van der Waals surface area contributed by atoms with E-state index in [4.69, 9.17) is 0 Å². The lowest BCUT2D eigenvalue weighted by molar-refractivity contribution is 0.399. The van der Waals surface area contributed by atoms with E-state index in [9.17, 15) is 4.39 Å². The number of hydrogen-bond donors (Lipinski definition) is 1. The molecule has 1 fully saturated rings. The SMILES string of the molecule is Cc1cc(Br)cc([C@H]2CCCCN2)c1F.Cl.